The number of ether oxygens (including phenoxy) is 1. The molecule has 4 nitrogen and oxygen atoms in total. The van der Waals surface area contributed by atoms with E-state index in [0.29, 0.717) is 19.0 Å². The average Bonchev–Trinajstić information content (AvgIpc) is 2.39. The van der Waals surface area contributed by atoms with Gasteiger partial charge in [-0.1, -0.05) is 0 Å². The van der Waals surface area contributed by atoms with Gasteiger partial charge in [0, 0.05) is 17.8 Å². The van der Waals surface area contributed by atoms with Crippen molar-refractivity contribution < 1.29 is 13.2 Å². The highest BCUT2D eigenvalue weighted by Gasteiger charge is 2.28. The van der Waals surface area contributed by atoms with Crippen molar-refractivity contribution in [3.05, 3.63) is 23.8 Å². The molecule has 6 heteroatoms. The van der Waals surface area contributed by atoms with E-state index in [2.05, 4.69) is 5.32 Å². The molecule has 0 radical (unpaired) electrons. The number of benzene rings is 1. The third-order valence-electron chi connectivity index (χ3n) is 3.14. The van der Waals surface area contributed by atoms with Gasteiger partial charge >= 0.3 is 0 Å². The first-order chi connectivity index (χ1) is 9.71. The Labute approximate surface area is 132 Å². The van der Waals surface area contributed by atoms with E-state index in [-0.39, 0.29) is 5.75 Å². The molecule has 1 N–H and O–H groups in total. The van der Waals surface area contributed by atoms with Gasteiger partial charge in [-0.05, 0) is 45.9 Å². The molecule has 0 aliphatic carbocycles. The lowest BCUT2D eigenvalue weighted by atomic mass is 10.2. The standard InChI is InChI=1S/C15H24ClNO3S/c1-5-20-14-7-6-13(10-12(14)11-16)17-8-9-21(18,19)15(2,3)4/h6-7,10,17H,5,8-9,11H2,1-4H3. The Morgan fingerprint density at radius 2 is 1.95 bits per heavy atom. The lowest BCUT2D eigenvalue weighted by Crippen LogP contribution is -2.32. The molecule has 0 aromatic heterocycles. The number of hydrogen-bond acceptors (Lipinski definition) is 4. The lowest BCUT2D eigenvalue weighted by molar-refractivity contribution is 0.337. The molecule has 0 spiro atoms. The third-order valence-corrected chi connectivity index (χ3v) is 6.03. The van der Waals surface area contributed by atoms with Gasteiger partial charge in [0.05, 0.1) is 23.0 Å². The van der Waals surface area contributed by atoms with Crippen molar-refractivity contribution in [2.24, 2.45) is 0 Å². The van der Waals surface area contributed by atoms with Crippen LogP contribution in [0.4, 0.5) is 5.69 Å². The molecule has 0 bridgehead atoms. The van der Waals surface area contributed by atoms with E-state index in [9.17, 15) is 8.42 Å². The highest BCUT2D eigenvalue weighted by Crippen LogP contribution is 2.24. The molecule has 0 amide bonds. The van der Waals surface area contributed by atoms with Gasteiger partial charge in [-0.15, -0.1) is 11.6 Å². The quantitative estimate of drug-likeness (QED) is 0.776. The highest BCUT2D eigenvalue weighted by molar-refractivity contribution is 7.92. The maximum absolute atomic E-state index is 12.0. The van der Waals surface area contributed by atoms with Crippen LogP contribution < -0.4 is 10.1 Å². The van der Waals surface area contributed by atoms with Gasteiger partial charge in [-0.25, -0.2) is 8.42 Å². The fourth-order valence-corrected chi connectivity index (χ4v) is 2.92. The third kappa shape index (κ3) is 5.08. The molecule has 0 fully saturated rings. The molecule has 0 heterocycles. The molecule has 0 atom stereocenters. The molecule has 0 saturated carbocycles. The number of rotatable bonds is 7. The van der Waals surface area contributed by atoms with Crippen LogP contribution in [0.25, 0.3) is 0 Å². The lowest BCUT2D eigenvalue weighted by Gasteiger charge is -2.19. The van der Waals surface area contributed by atoms with Gasteiger partial charge in [-0.2, -0.15) is 0 Å². The minimum Gasteiger partial charge on any atom is -0.494 e. The second kappa shape index (κ2) is 7.36. The smallest absolute Gasteiger partial charge is 0.156 e. The summed E-state index contributed by atoms with van der Waals surface area (Å²) in [4.78, 5) is 0. The summed E-state index contributed by atoms with van der Waals surface area (Å²) in [5.74, 6) is 1.21. The van der Waals surface area contributed by atoms with Crippen LogP contribution in [0.1, 0.15) is 33.3 Å². The summed E-state index contributed by atoms with van der Waals surface area (Å²) in [6.45, 7) is 8.01. The fraction of sp³-hybridized carbons (Fsp3) is 0.600. The minimum absolute atomic E-state index is 0.0971. The molecule has 1 aromatic rings. The van der Waals surface area contributed by atoms with Crippen LogP contribution in [0, 0.1) is 0 Å². The highest BCUT2D eigenvalue weighted by atomic mass is 35.5. The van der Waals surface area contributed by atoms with E-state index in [1.807, 2.05) is 25.1 Å². The number of alkyl halides is 1. The number of halogens is 1. The molecule has 0 unspecified atom stereocenters. The predicted octanol–water partition coefficient (Wildman–Crippen LogP) is 3.45. The Morgan fingerprint density at radius 1 is 1.29 bits per heavy atom. The summed E-state index contributed by atoms with van der Waals surface area (Å²) in [6, 6.07) is 5.61. The second-order valence-electron chi connectivity index (χ2n) is 5.75. The van der Waals surface area contributed by atoms with Gasteiger partial charge in [0.25, 0.3) is 0 Å². The second-order valence-corrected chi connectivity index (χ2v) is 8.88. The molecular formula is C15H24ClNO3S. The van der Waals surface area contributed by atoms with E-state index in [1.54, 1.807) is 20.8 Å². The average molecular weight is 334 g/mol. The van der Waals surface area contributed by atoms with Crippen molar-refractivity contribution in [2.75, 3.05) is 24.2 Å². The molecule has 120 valence electrons. The largest absolute Gasteiger partial charge is 0.494 e. The number of sulfone groups is 1. The van der Waals surface area contributed by atoms with Crippen molar-refractivity contribution in [1.82, 2.24) is 0 Å². The zero-order valence-corrected chi connectivity index (χ0v) is 14.6. The molecule has 1 rings (SSSR count). The first kappa shape index (κ1) is 18.1. The van der Waals surface area contributed by atoms with E-state index in [0.717, 1.165) is 17.0 Å². The minimum atomic E-state index is -3.11. The van der Waals surface area contributed by atoms with Crippen molar-refractivity contribution in [2.45, 2.75) is 38.3 Å². The van der Waals surface area contributed by atoms with Crippen LogP contribution in [-0.4, -0.2) is 32.1 Å². The van der Waals surface area contributed by atoms with Crippen LogP contribution >= 0.6 is 11.6 Å². The van der Waals surface area contributed by atoms with Gasteiger partial charge in [0.2, 0.25) is 0 Å². The summed E-state index contributed by atoms with van der Waals surface area (Å²) in [7, 11) is -3.11. The summed E-state index contributed by atoms with van der Waals surface area (Å²) < 4.78 is 28.8. The predicted molar refractivity (Wildman–Crippen MR) is 89.2 cm³/mol. The van der Waals surface area contributed by atoms with Crippen LogP contribution in [0.5, 0.6) is 5.75 Å². The Balaban J connectivity index is 2.69. The zero-order chi connectivity index (χ0) is 16.1. The zero-order valence-electron chi connectivity index (χ0n) is 13.1. The van der Waals surface area contributed by atoms with Gasteiger partial charge in [-0.3, -0.25) is 0 Å². The van der Waals surface area contributed by atoms with E-state index < -0.39 is 14.6 Å². The van der Waals surface area contributed by atoms with Crippen molar-refractivity contribution >= 4 is 27.1 Å². The van der Waals surface area contributed by atoms with Crippen molar-refractivity contribution in [3.8, 4) is 5.75 Å². The molecule has 0 aliphatic rings. The summed E-state index contributed by atoms with van der Waals surface area (Å²) in [5.41, 5.74) is 1.74. The van der Waals surface area contributed by atoms with Gasteiger partial charge in [0.1, 0.15) is 5.75 Å². The Morgan fingerprint density at radius 3 is 2.48 bits per heavy atom. The molecule has 0 saturated heterocycles. The van der Waals surface area contributed by atoms with Crippen LogP contribution in [0.15, 0.2) is 18.2 Å². The number of hydrogen-bond donors (Lipinski definition) is 1. The normalized spacial score (nSPS) is 12.2. The van der Waals surface area contributed by atoms with Crippen molar-refractivity contribution in [3.63, 3.8) is 0 Å². The Hall–Kier alpha value is -0.940. The Bertz CT molecular complexity index is 565. The maximum atomic E-state index is 12.0. The maximum Gasteiger partial charge on any atom is 0.156 e. The molecule has 1 aromatic carbocycles. The first-order valence-electron chi connectivity index (χ1n) is 6.99. The number of nitrogens with one attached hydrogen (secondary N) is 1. The molecule has 21 heavy (non-hydrogen) atoms. The summed E-state index contributed by atoms with van der Waals surface area (Å²) >= 11 is 5.90. The van der Waals surface area contributed by atoms with Crippen LogP contribution in [-0.2, 0) is 15.7 Å². The number of anilines is 1. The summed E-state index contributed by atoms with van der Waals surface area (Å²) in [5, 5.41) is 3.12. The van der Waals surface area contributed by atoms with E-state index in [4.69, 9.17) is 16.3 Å². The summed E-state index contributed by atoms with van der Waals surface area (Å²) in [6.07, 6.45) is 0. The van der Waals surface area contributed by atoms with Gasteiger partial charge < -0.3 is 10.1 Å². The molecular weight excluding hydrogens is 310 g/mol. The van der Waals surface area contributed by atoms with Crippen LogP contribution in [0.3, 0.4) is 0 Å². The van der Waals surface area contributed by atoms with Gasteiger partial charge in [0.15, 0.2) is 9.84 Å². The topological polar surface area (TPSA) is 55.4 Å². The fourth-order valence-electron chi connectivity index (χ4n) is 1.73. The van der Waals surface area contributed by atoms with E-state index in [1.165, 1.54) is 0 Å². The molecule has 0 aliphatic heterocycles. The van der Waals surface area contributed by atoms with E-state index >= 15 is 0 Å². The van der Waals surface area contributed by atoms with Crippen LogP contribution in [0.2, 0.25) is 0 Å². The van der Waals surface area contributed by atoms with Crippen molar-refractivity contribution in [1.29, 1.82) is 0 Å². The SMILES string of the molecule is CCOc1ccc(NCCS(=O)(=O)C(C)(C)C)cc1CCl. The monoisotopic (exact) mass is 333 g/mol. The Kier molecular flexibility index (Phi) is 6.35. The first-order valence-corrected chi connectivity index (χ1v) is 9.18.